The highest BCUT2D eigenvalue weighted by molar-refractivity contribution is 5.86. The maximum absolute atomic E-state index is 12.0. The summed E-state index contributed by atoms with van der Waals surface area (Å²) >= 11 is 0. The molecule has 3 rings (SSSR count). The van der Waals surface area contributed by atoms with Gasteiger partial charge in [-0.25, -0.2) is 0 Å². The molecule has 0 aromatic carbocycles. The third-order valence-electron chi connectivity index (χ3n) is 5.88. The highest BCUT2D eigenvalue weighted by atomic mass is 16.1. The summed E-state index contributed by atoms with van der Waals surface area (Å²) in [5, 5.41) is 0. The first kappa shape index (κ1) is 9.86. The molecule has 5 unspecified atom stereocenters. The van der Waals surface area contributed by atoms with E-state index in [0.717, 1.165) is 18.3 Å². The summed E-state index contributed by atoms with van der Waals surface area (Å²) in [5.41, 5.74) is 0.395. The Morgan fingerprint density at radius 1 is 1.20 bits per heavy atom. The molecule has 84 valence electrons. The van der Waals surface area contributed by atoms with E-state index in [9.17, 15) is 4.79 Å². The molecule has 3 aliphatic carbocycles. The third kappa shape index (κ3) is 1.07. The van der Waals surface area contributed by atoms with Crippen LogP contribution in [-0.2, 0) is 4.79 Å². The van der Waals surface area contributed by atoms with E-state index in [2.05, 4.69) is 13.8 Å². The lowest BCUT2D eigenvalue weighted by atomic mass is 9.45. The molecule has 1 nitrogen and oxygen atoms in total. The van der Waals surface area contributed by atoms with Crippen molar-refractivity contribution in [2.75, 3.05) is 0 Å². The zero-order valence-electron chi connectivity index (χ0n) is 9.96. The van der Waals surface area contributed by atoms with E-state index in [1.54, 1.807) is 0 Å². The van der Waals surface area contributed by atoms with Crippen molar-refractivity contribution in [3.63, 3.8) is 0 Å². The molecule has 15 heavy (non-hydrogen) atoms. The normalized spacial score (nSPS) is 54.1. The van der Waals surface area contributed by atoms with Gasteiger partial charge in [0.15, 0.2) is 0 Å². The van der Waals surface area contributed by atoms with Gasteiger partial charge in [0.2, 0.25) is 0 Å². The monoisotopic (exact) mass is 206 g/mol. The summed E-state index contributed by atoms with van der Waals surface area (Å²) in [6.07, 6.45) is 7.78. The van der Waals surface area contributed by atoms with E-state index in [1.165, 1.54) is 32.1 Å². The van der Waals surface area contributed by atoms with Crippen LogP contribution in [0.3, 0.4) is 0 Å². The van der Waals surface area contributed by atoms with Gasteiger partial charge in [0, 0.05) is 12.3 Å². The Morgan fingerprint density at radius 2 is 1.93 bits per heavy atom. The molecular weight excluding hydrogens is 184 g/mol. The minimum Gasteiger partial charge on any atom is -0.299 e. The zero-order valence-corrected chi connectivity index (χ0v) is 9.96. The highest BCUT2D eigenvalue weighted by Gasteiger charge is 2.66. The van der Waals surface area contributed by atoms with E-state index >= 15 is 0 Å². The van der Waals surface area contributed by atoms with Crippen molar-refractivity contribution in [1.29, 1.82) is 0 Å². The summed E-state index contributed by atoms with van der Waals surface area (Å²) in [5.74, 6) is 3.35. The van der Waals surface area contributed by atoms with Gasteiger partial charge in [0.1, 0.15) is 5.78 Å². The van der Waals surface area contributed by atoms with Gasteiger partial charge in [0.25, 0.3) is 0 Å². The maximum atomic E-state index is 12.0. The molecule has 0 heterocycles. The highest BCUT2D eigenvalue weighted by Crippen LogP contribution is 2.68. The first-order valence-electron chi connectivity index (χ1n) is 6.68. The lowest BCUT2D eigenvalue weighted by Gasteiger charge is -2.58. The van der Waals surface area contributed by atoms with Crippen molar-refractivity contribution in [1.82, 2.24) is 0 Å². The van der Waals surface area contributed by atoms with E-state index in [-0.39, 0.29) is 0 Å². The Morgan fingerprint density at radius 3 is 2.73 bits per heavy atom. The topological polar surface area (TPSA) is 17.1 Å². The fourth-order valence-corrected chi connectivity index (χ4v) is 4.99. The molecule has 0 aliphatic heterocycles. The standard InChI is InChI=1S/C14H22O/c1-9-8-12(15)13-10-6-4-3-5-7-11(10)14(9,13)2/h9-11,13H,3-8H2,1-2H3. The van der Waals surface area contributed by atoms with Crippen LogP contribution in [0, 0.1) is 29.1 Å². The molecule has 0 bridgehead atoms. The molecule has 3 saturated carbocycles. The van der Waals surface area contributed by atoms with Crippen molar-refractivity contribution < 1.29 is 4.79 Å². The summed E-state index contributed by atoms with van der Waals surface area (Å²) in [6.45, 7) is 4.71. The molecule has 0 amide bonds. The van der Waals surface area contributed by atoms with Crippen LogP contribution >= 0.6 is 0 Å². The minimum absolute atomic E-state index is 0.395. The van der Waals surface area contributed by atoms with Crippen LogP contribution in [0.2, 0.25) is 0 Å². The Bertz CT molecular complexity index is 296. The largest absolute Gasteiger partial charge is 0.299 e. The zero-order chi connectivity index (χ0) is 10.6. The second-order valence-corrected chi connectivity index (χ2v) is 6.32. The number of carbonyl (C=O) groups is 1. The van der Waals surface area contributed by atoms with Gasteiger partial charge in [-0.15, -0.1) is 0 Å². The molecule has 0 aromatic rings. The first-order valence-corrected chi connectivity index (χ1v) is 6.68. The van der Waals surface area contributed by atoms with E-state index in [4.69, 9.17) is 0 Å². The Balaban J connectivity index is 1.92. The second kappa shape index (κ2) is 3.09. The maximum Gasteiger partial charge on any atom is 0.137 e. The van der Waals surface area contributed by atoms with Gasteiger partial charge in [-0.1, -0.05) is 33.1 Å². The minimum atomic E-state index is 0.395. The lowest BCUT2D eigenvalue weighted by Crippen LogP contribution is -2.55. The molecule has 0 aromatic heterocycles. The molecule has 0 saturated heterocycles. The quantitative estimate of drug-likeness (QED) is 0.593. The predicted octanol–water partition coefficient (Wildman–Crippen LogP) is 3.43. The summed E-state index contributed by atoms with van der Waals surface area (Å²) in [4.78, 5) is 12.0. The lowest BCUT2D eigenvalue weighted by molar-refractivity contribution is -0.147. The van der Waals surface area contributed by atoms with Crippen LogP contribution in [0.15, 0.2) is 0 Å². The number of Topliss-reactive ketones (excluding diaryl/α,β-unsaturated/α-hetero) is 1. The molecule has 0 spiro atoms. The molecule has 5 atom stereocenters. The van der Waals surface area contributed by atoms with Crippen LogP contribution in [0.25, 0.3) is 0 Å². The average Bonchev–Trinajstić information content (AvgIpc) is 2.38. The van der Waals surface area contributed by atoms with Crippen LogP contribution in [0.5, 0.6) is 0 Å². The molecule has 0 radical (unpaired) electrons. The number of fused-ring (bicyclic) bond motifs is 4. The van der Waals surface area contributed by atoms with Gasteiger partial charge in [0.05, 0.1) is 0 Å². The van der Waals surface area contributed by atoms with Crippen LogP contribution in [0.1, 0.15) is 52.4 Å². The second-order valence-electron chi connectivity index (χ2n) is 6.32. The van der Waals surface area contributed by atoms with Crippen molar-refractivity contribution >= 4 is 5.78 Å². The van der Waals surface area contributed by atoms with Crippen LogP contribution in [0.4, 0.5) is 0 Å². The van der Waals surface area contributed by atoms with Gasteiger partial charge in [-0.05, 0) is 36.0 Å². The number of hydrogen-bond acceptors (Lipinski definition) is 1. The summed E-state index contributed by atoms with van der Waals surface area (Å²) in [6, 6.07) is 0. The summed E-state index contributed by atoms with van der Waals surface area (Å²) < 4.78 is 0. The Labute approximate surface area is 92.6 Å². The molecule has 3 fully saturated rings. The summed E-state index contributed by atoms with van der Waals surface area (Å²) in [7, 11) is 0. The Kier molecular flexibility index (Phi) is 2.03. The fourth-order valence-electron chi connectivity index (χ4n) is 4.99. The van der Waals surface area contributed by atoms with E-state index in [1.807, 2.05) is 0 Å². The average molecular weight is 206 g/mol. The van der Waals surface area contributed by atoms with Gasteiger partial charge < -0.3 is 0 Å². The molecule has 1 heteroatoms. The van der Waals surface area contributed by atoms with Crippen molar-refractivity contribution in [3.8, 4) is 0 Å². The van der Waals surface area contributed by atoms with Crippen molar-refractivity contribution in [3.05, 3.63) is 0 Å². The molecule has 0 N–H and O–H groups in total. The first-order chi connectivity index (χ1) is 7.15. The van der Waals surface area contributed by atoms with Crippen LogP contribution < -0.4 is 0 Å². The number of ketones is 1. The SMILES string of the molecule is CC1CC(=O)C2C3CCCCCC3C12C. The van der Waals surface area contributed by atoms with E-state index in [0.29, 0.717) is 23.0 Å². The van der Waals surface area contributed by atoms with Crippen molar-refractivity contribution in [2.45, 2.75) is 52.4 Å². The van der Waals surface area contributed by atoms with Crippen molar-refractivity contribution in [2.24, 2.45) is 29.1 Å². The fraction of sp³-hybridized carbons (Fsp3) is 0.929. The molecule has 3 aliphatic rings. The van der Waals surface area contributed by atoms with Gasteiger partial charge >= 0.3 is 0 Å². The van der Waals surface area contributed by atoms with Crippen LogP contribution in [-0.4, -0.2) is 5.78 Å². The molecular formula is C14H22O. The number of rotatable bonds is 0. The number of hydrogen-bond donors (Lipinski definition) is 0. The predicted molar refractivity (Wildman–Crippen MR) is 60.5 cm³/mol. The number of carbonyl (C=O) groups excluding carboxylic acids is 1. The van der Waals surface area contributed by atoms with Gasteiger partial charge in [-0.2, -0.15) is 0 Å². The third-order valence-corrected chi connectivity index (χ3v) is 5.88. The van der Waals surface area contributed by atoms with E-state index < -0.39 is 0 Å². The smallest absolute Gasteiger partial charge is 0.137 e. The Hall–Kier alpha value is -0.330. The van der Waals surface area contributed by atoms with Gasteiger partial charge in [-0.3, -0.25) is 4.79 Å².